The molecule has 1 aliphatic heterocycles. The van der Waals surface area contributed by atoms with Crippen LogP contribution in [0.3, 0.4) is 0 Å². The van der Waals surface area contributed by atoms with E-state index in [2.05, 4.69) is 31.9 Å². The lowest BCUT2D eigenvalue weighted by Gasteiger charge is -2.28. The van der Waals surface area contributed by atoms with Gasteiger partial charge in [0.1, 0.15) is 4.90 Å². The van der Waals surface area contributed by atoms with Gasteiger partial charge in [-0.15, -0.1) is 11.3 Å². The van der Waals surface area contributed by atoms with Crippen molar-refractivity contribution >= 4 is 59.2 Å². The molecule has 0 aliphatic carbocycles. The molecule has 6 nitrogen and oxygen atoms in total. The van der Waals surface area contributed by atoms with Gasteiger partial charge < -0.3 is 9.84 Å². The summed E-state index contributed by atoms with van der Waals surface area (Å²) in [6.07, 6.45) is 0. The van der Waals surface area contributed by atoms with Crippen molar-refractivity contribution in [2.24, 2.45) is 5.92 Å². The lowest BCUT2D eigenvalue weighted by Crippen LogP contribution is -2.46. The van der Waals surface area contributed by atoms with Crippen LogP contribution in [0, 0.1) is 5.92 Å². The molecule has 0 aromatic carbocycles. The Morgan fingerprint density at radius 1 is 1.52 bits per heavy atom. The van der Waals surface area contributed by atoms with E-state index in [4.69, 9.17) is 4.74 Å². The zero-order valence-electron chi connectivity index (χ0n) is 11.0. The normalized spacial score (nSPS) is 22.9. The van der Waals surface area contributed by atoms with Crippen LogP contribution in [0.5, 0.6) is 0 Å². The van der Waals surface area contributed by atoms with Gasteiger partial charge in [0.2, 0.25) is 10.0 Å². The third-order valence-corrected chi connectivity index (χ3v) is 8.02. The SMILES string of the molecule is CCN(C1COCC1C(=O)O)S(=O)(=O)c1cc(Br)sc1Br. The molecule has 2 heterocycles. The number of aliphatic carboxylic acids is 1. The molecule has 2 atom stereocenters. The molecule has 2 unspecified atom stereocenters. The quantitative estimate of drug-likeness (QED) is 0.726. The van der Waals surface area contributed by atoms with Crippen molar-refractivity contribution in [3.63, 3.8) is 0 Å². The van der Waals surface area contributed by atoms with Gasteiger partial charge >= 0.3 is 5.97 Å². The number of hydrogen-bond acceptors (Lipinski definition) is 5. The molecule has 1 aromatic heterocycles. The highest BCUT2D eigenvalue weighted by atomic mass is 79.9. The van der Waals surface area contributed by atoms with E-state index in [1.807, 2.05) is 0 Å². The molecule has 1 aliphatic rings. The van der Waals surface area contributed by atoms with Crippen molar-refractivity contribution in [1.29, 1.82) is 0 Å². The highest BCUT2D eigenvalue weighted by Gasteiger charge is 2.43. The molecule has 1 fully saturated rings. The molecule has 0 amide bonds. The topological polar surface area (TPSA) is 83.9 Å². The summed E-state index contributed by atoms with van der Waals surface area (Å²) in [7, 11) is -3.79. The van der Waals surface area contributed by atoms with Crippen molar-refractivity contribution in [3.05, 3.63) is 13.6 Å². The predicted molar refractivity (Wildman–Crippen MR) is 85.0 cm³/mol. The molecule has 1 aromatic rings. The number of likely N-dealkylation sites (N-methyl/N-ethyl adjacent to an activating group) is 1. The van der Waals surface area contributed by atoms with Gasteiger partial charge in [0.15, 0.2) is 0 Å². The van der Waals surface area contributed by atoms with Crippen LogP contribution in [0.2, 0.25) is 0 Å². The molecule has 10 heteroatoms. The van der Waals surface area contributed by atoms with E-state index in [0.29, 0.717) is 7.57 Å². The number of hydrogen-bond donors (Lipinski definition) is 1. The summed E-state index contributed by atoms with van der Waals surface area (Å²) in [6, 6.07) is 0.821. The first-order valence-electron chi connectivity index (χ1n) is 6.06. The number of carboxylic acid groups (broad SMARTS) is 1. The maximum atomic E-state index is 12.8. The molecule has 0 spiro atoms. The predicted octanol–water partition coefficient (Wildman–Crippen LogP) is 2.38. The molecular weight excluding hydrogens is 450 g/mol. The smallest absolute Gasteiger partial charge is 0.310 e. The molecule has 2 rings (SSSR count). The minimum Gasteiger partial charge on any atom is -0.481 e. The number of ether oxygens (including phenoxy) is 1. The van der Waals surface area contributed by atoms with E-state index in [1.54, 1.807) is 6.92 Å². The number of nitrogens with zero attached hydrogens (tertiary/aromatic N) is 1. The standard InChI is InChI=1S/C11H13Br2NO5S2/c1-2-14(7-5-19-4-6(7)11(15)16)21(17,18)8-3-9(12)20-10(8)13/h3,6-7H,2,4-5H2,1H3,(H,15,16). The Morgan fingerprint density at radius 2 is 2.19 bits per heavy atom. The van der Waals surface area contributed by atoms with Crippen molar-refractivity contribution in [2.45, 2.75) is 17.9 Å². The molecule has 0 radical (unpaired) electrons. The van der Waals surface area contributed by atoms with Crippen LogP contribution in [0.15, 0.2) is 18.5 Å². The van der Waals surface area contributed by atoms with E-state index in [1.165, 1.54) is 21.7 Å². The van der Waals surface area contributed by atoms with Crippen LogP contribution >= 0.6 is 43.2 Å². The third kappa shape index (κ3) is 3.35. The lowest BCUT2D eigenvalue weighted by atomic mass is 10.0. The second-order valence-corrected chi connectivity index (χ2v) is 10.1. The Labute approximate surface area is 143 Å². The Kier molecular flexibility index (Phi) is 5.48. The van der Waals surface area contributed by atoms with E-state index < -0.39 is 28.0 Å². The summed E-state index contributed by atoms with van der Waals surface area (Å²) < 4.78 is 33.1. The molecule has 118 valence electrons. The average Bonchev–Trinajstić information content (AvgIpc) is 2.97. The van der Waals surface area contributed by atoms with E-state index in [9.17, 15) is 18.3 Å². The highest BCUT2D eigenvalue weighted by Crippen LogP contribution is 2.37. The van der Waals surface area contributed by atoms with Crippen LogP contribution < -0.4 is 0 Å². The summed E-state index contributed by atoms with van der Waals surface area (Å²) in [5.41, 5.74) is 0. The summed E-state index contributed by atoms with van der Waals surface area (Å²) in [6.45, 7) is 1.98. The molecule has 1 saturated heterocycles. The second-order valence-electron chi connectivity index (χ2n) is 4.45. The molecule has 0 saturated carbocycles. The van der Waals surface area contributed by atoms with E-state index in [0.717, 1.165) is 0 Å². The summed E-state index contributed by atoms with van der Waals surface area (Å²) in [5, 5.41) is 9.21. The fraction of sp³-hybridized carbons (Fsp3) is 0.545. The summed E-state index contributed by atoms with van der Waals surface area (Å²) >= 11 is 7.74. The van der Waals surface area contributed by atoms with Crippen LogP contribution in [-0.2, 0) is 19.6 Å². The van der Waals surface area contributed by atoms with Gasteiger partial charge in [-0.2, -0.15) is 4.31 Å². The fourth-order valence-electron chi connectivity index (χ4n) is 2.27. The number of rotatable bonds is 5. The third-order valence-electron chi connectivity index (χ3n) is 3.26. The van der Waals surface area contributed by atoms with Gasteiger partial charge in [-0.25, -0.2) is 8.42 Å². The minimum atomic E-state index is -3.79. The van der Waals surface area contributed by atoms with Crippen LogP contribution in [-0.4, -0.2) is 49.6 Å². The van der Waals surface area contributed by atoms with Gasteiger partial charge in [-0.05, 0) is 37.9 Å². The first kappa shape index (κ1) is 17.4. The number of thiophene rings is 1. The molecule has 21 heavy (non-hydrogen) atoms. The number of carbonyl (C=O) groups is 1. The van der Waals surface area contributed by atoms with Crippen molar-refractivity contribution in [1.82, 2.24) is 4.31 Å². The lowest BCUT2D eigenvalue weighted by molar-refractivity contribution is -0.142. The minimum absolute atomic E-state index is 0.0283. The Balaban J connectivity index is 2.40. The highest BCUT2D eigenvalue weighted by molar-refractivity contribution is 9.12. The maximum Gasteiger partial charge on any atom is 0.310 e. The van der Waals surface area contributed by atoms with E-state index >= 15 is 0 Å². The summed E-state index contributed by atoms with van der Waals surface area (Å²) in [4.78, 5) is 11.4. The summed E-state index contributed by atoms with van der Waals surface area (Å²) in [5.74, 6) is -1.89. The zero-order chi connectivity index (χ0) is 15.8. The van der Waals surface area contributed by atoms with Gasteiger partial charge in [-0.1, -0.05) is 6.92 Å². The van der Waals surface area contributed by atoms with Crippen LogP contribution in [0.4, 0.5) is 0 Å². The van der Waals surface area contributed by atoms with Crippen molar-refractivity contribution in [3.8, 4) is 0 Å². The zero-order valence-corrected chi connectivity index (χ0v) is 15.8. The van der Waals surface area contributed by atoms with Crippen LogP contribution in [0.1, 0.15) is 6.92 Å². The van der Waals surface area contributed by atoms with Gasteiger partial charge in [0, 0.05) is 6.54 Å². The monoisotopic (exact) mass is 461 g/mol. The van der Waals surface area contributed by atoms with Gasteiger partial charge in [0.25, 0.3) is 0 Å². The Bertz CT molecular complexity index is 645. The fourth-order valence-corrected chi connectivity index (χ4v) is 7.69. The largest absolute Gasteiger partial charge is 0.481 e. The van der Waals surface area contributed by atoms with Crippen LogP contribution in [0.25, 0.3) is 0 Å². The first-order chi connectivity index (χ1) is 9.78. The maximum absolute atomic E-state index is 12.8. The van der Waals surface area contributed by atoms with E-state index in [-0.39, 0.29) is 24.7 Å². The molecule has 1 N–H and O–H groups in total. The molecule has 0 bridgehead atoms. The number of sulfonamides is 1. The van der Waals surface area contributed by atoms with Crippen molar-refractivity contribution < 1.29 is 23.1 Å². The Hall–Kier alpha value is -0.000000000000000333. The second kappa shape index (κ2) is 6.63. The number of halogens is 2. The Morgan fingerprint density at radius 3 is 2.67 bits per heavy atom. The molecular formula is C11H13Br2NO5S2. The average molecular weight is 463 g/mol. The first-order valence-corrected chi connectivity index (χ1v) is 9.90. The van der Waals surface area contributed by atoms with Gasteiger partial charge in [-0.3, -0.25) is 4.79 Å². The number of carboxylic acids is 1. The van der Waals surface area contributed by atoms with Gasteiger partial charge in [0.05, 0.1) is 32.7 Å². The van der Waals surface area contributed by atoms with Crippen molar-refractivity contribution in [2.75, 3.05) is 19.8 Å².